The van der Waals surface area contributed by atoms with Gasteiger partial charge in [-0.15, -0.1) is 0 Å². The first kappa shape index (κ1) is 14.0. The number of rotatable bonds is 3. The molecule has 0 spiro atoms. The molecule has 6 heteroatoms. The van der Waals surface area contributed by atoms with Crippen LogP contribution in [0.2, 0.25) is 0 Å². The molecule has 1 heterocycles. The van der Waals surface area contributed by atoms with Gasteiger partial charge >= 0.3 is 0 Å². The molecule has 0 aliphatic heterocycles. The molecule has 0 aliphatic rings. The normalized spacial score (nSPS) is 12.0. The van der Waals surface area contributed by atoms with Crippen molar-refractivity contribution in [3.63, 3.8) is 0 Å². The number of nitrogens with one attached hydrogen (secondary N) is 1. The van der Waals surface area contributed by atoms with Crippen LogP contribution in [0.15, 0.2) is 30.7 Å². The van der Waals surface area contributed by atoms with Gasteiger partial charge in [0.2, 0.25) is 0 Å². The molecule has 0 fully saturated rings. The van der Waals surface area contributed by atoms with Crippen molar-refractivity contribution in [3.05, 3.63) is 59.2 Å². The van der Waals surface area contributed by atoms with Gasteiger partial charge in [-0.2, -0.15) is 0 Å². The second kappa shape index (κ2) is 5.73. The van der Waals surface area contributed by atoms with E-state index in [1.54, 1.807) is 13.8 Å². The standard InChI is InChI=1S/C14H13F2N3O/c1-8(10-3-11(15)5-12(16)4-10)19-14(20)13-6-17-7-18-9(13)2/h3-8H,1-2H3,(H,19,20)/t8-/m0/s1. The molecule has 0 bridgehead atoms. The SMILES string of the molecule is Cc1ncncc1C(=O)N[C@@H](C)c1cc(F)cc(F)c1. The zero-order valence-corrected chi connectivity index (χ0v) is 11.0. The summed E-state index contributed by atoms with van der Waals surface area (Å²) >= 11 is 0. The first-order chi connectivity index (χ1) is 9.47. The van der Waals surface area contributed by atoms with Crippen LogP contribution in [-0.4, -0.2) is 15.9 Å². The van der Waals surface area contributed by atoms with Crippen molar-refractivity contribution in [2.45, 2.75) is 19.9 Å². The molecule has 0 aliphatic carbocycles. The molecular weight excluding hydrogens is 264 g/mol. The van der Waals surface area contributed by atoms with Crippen LogP contribution in [-0.2, 0) is 0 Å². The summed E-state index contributed by atoms with van der Waals surface area (Å²) in [5, 5.41) is 2.66. The molecule has 1 amide bonds. The van der Waals surface area contributed by atoms with Crippen molar-refractivity contribution in [1.29, 1.82) is 0 Å². The summed E-state index contributed by atoms with van der Waals surface area (Å²) in [5.74, 6) is -1.75. The van der Waals surface area contributed by atoms with E-state index in [0.29, 0.717) is 16.8 Å². The van der Waals surface area contributed by atoms with Crippen molar-refractivity contribution in [2.24, 2.45) is 0 Å². The molecule has 1 aromatic heterocycles. The lowest BCUT2D eigenvalue weighted by molar-refractivity contribution is 0.0938. The second-order valence-corrected chi connectivity index (χ2v) is 4.42. The van der Waals surface area contributed by atoms with E-state index in [1.165, 1.54) is 24.7 Å². The Morgan fingerprint density at radius 2 is 1.90 bits per heavy atom. The third-order valence-corrected chi connectivity index (χ3v) is 2.89. The van der Waals surface area contributed by atoms with E-state index in [4.69, 9.17) is 0 Å². The highest BCUT2D eigenvalue weighted by atomic mass is 19.1. The number of aromatic nitrogens is 2. The molecule has 0 unspecified atom stereocenters. The molecule has 1 atom stereocenters. The van der Waals surface area contributed by atoms with Crippen molar-refractivity contribution in [2.75, 3.05) is 0 Å². The zero-order chi connectivity index (χ0) is 14.7. The van der Waals surface area contributed by atoms with Crippen molar-refractivity contribution < 1.29 is 13.6 Å². The summed E-state index contributed by atoms with van der Waals surface area (Å²) in [7, 11) is 0. The summed E-state index contributed by atoms with van der Waals surface area (Å²) in [5.41, 5.74) is 1.22. The second-order valence-electron chi connectivity index (χ2n) is 4.42. The van der Waals surface area contributed by atoms with Crippen LogP contribution in [0.25, 0.3) is 0 Å². The highest BCUT2D eigenvalue weighted by Gasteiger charge is 2.15. The van der Waals surface area contributed by atoms with Crippen molar-refractivity contribution in [3.8, 4) is 0 Å². The Balaban J connectivity index is 2.17. The van der Waals surface area contributed by atoms with Crippen LogP contribution < -0.4 is 5.32 Å². The highest BCUT2D eigenvalue weighted by Crippen LogP contribution is 2.16. The first-order valence-corrected chi connectivity index (χ1v) is 6.01. The minimum Gasteiger partial charge on any atom is -0.345 e. The number of carbonyl (C=O) groups is 1. The smallest absolute Gasteiger partial charge is 0.255 e. The average Bonchev–Trinajstić information content (AvgIpc) is 2.37. The quantitative estimate of drug-likeness (QED) is 0.938. The lowest BCUT2D eigenvalue weighted by atomic mass is 10.1. The molecule has 1 aromatic carbocycles. The number of nitrogens with zero attached hydrogens (tertiary/aromatic N) is 2. The Morgan fingerprint density at radius 3 is 2.50 bits per heavy atom. The number of aryl methyl sites for hydroxylation is 1. The van der Waals surface area contributed by atoms with E-state index >= 15 is 0 Å². The van der Waals surface area contributed by atoms with Crippen molar-refractivity contribution >= 4 is 5.91 Å². The molecule has 0 radical (unpaired) electrons. The Labute approximate surface area is 114 Å². The van der Waals surface area contributed by atoms with Crippen LogP contribution in [0.4, 0.5) is 8.78 Å². The maximum absolute atomic E-state index is 13.1. The fourth-order valence-corrected chi connectivity index (χ4v) is 1.80. The molecule has 0 saturated carbocycles. The van der Waals surface area contributed by atoms with Gasteiger partial charge in [-0.25, -0.2) is 18.7 Å². The lowest BCUT2D eigenvalue weighted by Crippen LogP contribution is -2.27. The monoisotopic (exact) mass is 277 g/mol. The maximum Gasteiger partial charge on any atom is 0.255 e. The van der Waals surface area contributed by atoms with Gasteiger partial charge in [-0.1, -0.05) is 0 Å². The van der Waals surface area contributed by atoms with Gasteiger partial charge in [0.15, 0.2) is 0 Å². The Kier molecular flexibility index (Phi) is 4.02. The predicted molar refractivity (Wildman–Crippen MR) is 69.0 cm³/mol. The summed E-state index contributed by atoms with van der Waals surface area (Å²) in [6, 6.07) is 2.62. The number of benzene rings is 1. The van der Waals surface area contributed by atoms with E-state index in [1.807, 2.05) is 0 Å². The fourth-order valence-electron chi connectivity index (χ4n) is 1.80. The van der Waals surface area contributed by atoms with Gasteiger partial charge in [0, 0.05) is 12.3 Å². The number of hydrogen-bond acceptors (Lipinski definition) is 3. The van der Waals surface area contributed by atoms with Gasteiger partial charge in [0.05, 0.1) is 17.3 Å². The van der Waals surface area contributed by atoms with E-state index in [2.05, 4.69) is 15.3 Å². The Bertz CT molecular complexity index is 626. The summed E-state index contributed by atoms with van der Waals surface area (Å²) in [4.78, 5) is 19.7. The van der Waals surface area contributed by atoms with Crippen LogP contribution in [0, 0.1) is 18.6 Å². The zero-order valence-electron chi connectivity index (χ0n) is 11.0. The Hall–Kier alpha value is -2.37. The summed E-state index contributed by atoms with van der Waals surface area (Å²) in [6.07, 6.45) is 2.74. The molecule has 20 heavy (non-hydrogen) atoms. The van der Waals surface area contributed by atoms with Gasteiger partial charge in [-0.05, 0) is 31.5 Å². The number of carbonyl (C=O) groups excluding carboxylic acids is 1. The molecule has 2 rings (SSSR count). The van der Waals surface area contributed by atoms with Gasteiger partial charge < -0.3 is 5.32 Å². The molecule has 104 valence electrons. The third-order valence-electron chi connectivity index (χ3n) is 2.89. The third kappa shape index (κ3) is 3.14. The maximum atomic E-state index is 13.1. The fraction of sp³-hybridized carbons (Fsp3) is 0.214. The van der Waals surface area contributed by atoms with E-state index in [-0.39, 0.29) is 5.91 Å². The summed E-state index contributed by atoms with van der Waals surface area (Å²) in [6.45, 7) is 3.33. The molecule has 1 N–H and O–H groups in total. The molecule has 2 aromatic rings. The molecule has 4 nitrogen and oxygen atoms in total. The highest BCUT2D eigenvalue weighted by molar-refractivity contribution is 5.95. The molecule has 0 saturated heterocycles. The first-order valence-electron chi connectivity index (χ1n) is 6.01. The van der Waals surface area contributed by atoms with Gasteiger partial charge in [0.1, 0.15) is 18.0 Å². The average molecular weight is 277 g/mol. The predicted octanol–water partition coefficient (Wildman–Crippen LogP) is 2.55. The number of halogens is 2. The van der Waals surface area contributed by atoms with Crippen LogP contribution in [0.5, 0.6) is 0 Å². The number of hydrogen-bond donors (Lipinski definition) is 1. The Morgan fingerprint density at radius 1 is 1.25 bits per heavy atom. The van der Waals surface area contributed by atoms with E-state index in [0.717, 1.165) is 6.07 Å². The minimum atomic E-state index is -0.680. The van der Waals surface area contributed by atoms with Crippen molar-refractivity contribution in [1.82, 2.24) is 15.3 Å². The van der Waals surface area contributed by atoms with Crippen LogP contribution in [0.1, 0.15) is 34.6 Å². The lowest BCUT2D eigenvalue weighted by Gasteiger charge is -2.15. The van der Waals surface area contributed by atoms with Gasteiger partial charge in [-0.3, -0.25) is 4.79 Å². The largest absolute Gasteiger partial charge is 0.345 e. The topological polar surface area (TPSA) is 54.9 Å². The number of amides is 1. The molecular formula is C14H13F2N3O. The minimum absolute atomic E-state index is 0.330. The summed E-state index contributed by atoms with van der Waals surface area (Å²) < 4.78 is 26.3. The van der Waals surface area contributed by atoms with Crippen LogP contribution in [0.3, 0.4) is 0 Å². The van der Waals surface area contributed by atoms with E-state index in [9.17, 15) is 13.6 Å². The van der Waals surface area contributed by atoms with Crippen LogP contribution >= 0.6 is 0 Å². The van der Waals surface area contributed by atoms with Gasteiger partial charge in [0.25, 0.3) is 5.91 Å². The van der Waals surface area contributed by atoms with E-state index < -0.39 is 17.7 Å².